The zero-order chi connectivity index (χ0) is 10.6. The first-order valence-electron chi connectivity index (χ1n) is 4.21. The second-order valence-electron chi connectivity index (χ2n) is 3.02. The van der Waals surface area contributed by atoms with Crippen LogP contribution < -0.4 is 0 Å². The largest absolute Gasteiger partial charge is 0.227 e. The highest BCUT2D eigenvalue weighted by Gasteiger charge is 2.21. The Bertz CT molecular complexity index is 431. The fraction of sp³-hybridized carbons (Fsp3) is 0.300. The summed E-state index contributed by atoms with van der Waals surface area (Å²) in [6.07, 6.45) is 0. The molecule has 0 fully saturated rings. The molecule has 0 saturated heterocycles. The minimum Gasteiger partial charge on any atom is -0.227 e. The predicted octanol–water partition coefficient (Wildman–Crippen LogP) is 1.69. The average molecular weight is 209 g/mol. The number of rotatable bonds is 3. The molecule has 0 bridgehead atoms. The Morgan fingerprint density at radius 3 is 2.43 bits per heavy atom. The number of nitrogens with zero attached hydrogens (tertiary/aromatic N) is 1. The molecule has 1 aromatic rings. The van der Waals surface area contributed by atoms with E-state index in [9.17, 15) is 8.42 Å². The van der Waals surface area contributed by atoms with Crippen LogP contribution in [0.25, 0.3) is 0 Å². The van der Waals surface area contributed by atoms with Crippen molar-refractivity contribution >= 4 is 9.84 Å². The van der Waals surface area contributed by atoms with Gasteiger partial charge in [0, 0.05) is 0 Å². The van der Waals surface area contributed by atoms with Crippen LogP contribution in [0.2, 0.25) is 0 Å². The fourth-order valence-electron chi connectivity index (χ4n) is 1.15. The maximum absolute atomic E-state index is 11.5. The van der Waals surface area contributed by atoms with E-state index in [2.05, 4.69) is 0 Å². The summed E-state index contributed by atoms with van der Waals surface area (Å²) < 4.78 is 23.0. The molecule has 0 aromatic heterocycles. The third-order valence-electron chi connectivity index (χ3n) is 2.07. The molecule has 3 nitrogen and oxygen atoms in total. The van der Waals surface area contributed by atoms with Gasteiger partial charge in [-0.05, 0) is 12.5 Å². The molecule has 0 aliphatic carbocycles. The van der Waals surface area contributed by atoms with E-state index in [1.165, 1.54) is 0 Å². The molecule has 0 radical (unpaired) electrons. The zero-order valence-corrected chi connectivity index (χ0v) is 8.66. The number of sulfone groups is 1. The lowest BCUT2D eigenvalue weighted by Crippen LogP contribution is -2.12. The Labute approximate surface area is 83.9 Å². The molecule has 1 aromatic carbocycles. The molecule has 0 aliphatic heterocycles. The van der Waals surface area contributed by atoms with Gasteiger partial charge in [-0.3, -0.25) is 0 Å². The van der Waals surface area contributed by atoms with Gasteiger partial charge in [-0.25, -0.2) is 8.42 Å². The molecular formula is C10H11NO2S. The van der Waals surface area contributed by atoms with E-state index in [4.69, 9.17) is 5.26 Å². The van der Waals surface area contributed by atoms with Crippen LogP contribution >= 0.6 is 0 Å². The third-order valence-corrected chi connectivity index (χ3v) is 3.95. The van der Waals surface area contributed by atoms with Gasteiger partial charge in [0.05, 0.1) is 11.3 Å². The lowest BCUT2D eigenvalue weighted by atomic mass is 10.2. The number of hydrogen-bond acceptors (Lipinski definition) is 3. The second-order valence-corrected chi connectivity index (χ2v) is 5.34. The zero-order valence-electron chi connectivity index (χ0n) is 7.84. The van der Waals surface area contributed by atoms with Crippen LogP contribution in [0.1, 0.15) is 17.7 Å². The Balaban J connectivity index is 2.98. The summed E-state index contributed by atoms with van der Waals surface area (Å²) in [6.45, 7) is 1.60. The van der Waals surface area contributed by atoms with Gasteiger partial charge in [-0.15, -0.1) is 0 Å². The van der Waals surface area contributed by atoms with Gasteiger partial charge in [0.2, 0.25) is 0 Å². The number of hydrogen-bond donors (Lipinski definition) is 0. The van der Waals surface area contributed by atoms with Crippen LogP contribution in [0.3, 0.4) is 0 Å². The minimum atomic E-state index is -3.32. The molecule has 14 heavy (non-hydrogen) atoms. The summed E-state index contributed by atoms with van der Waals surface area (Å²) in [5, 5.41) is 7.76. The highest BCUT2D eigenvalue weighted by atomic mass is 32.2. The van der Waals surface area contributed by atoms with E-state index >= 15 is 0 Å². The Morgan fingerprint density at radius 2 is 1.93 bits per heavy atom. The van der Waals surface area contributed by atoms with Crippen LogP contribution in [0, 0.1) is 11.3 Å². The van der Waals surface area contributed by atoms with Crippen molar-refractivity contribution in [1.82, 2.24) is 0 Å². The number of benzene rings is 1. The molecule has 74 valence electrons. The fourth-order valence-corrected chi connectivity index (χ4v) is 2.15. The van der Waals surface area contributed by atoms with Crippen LogP contribution in [0.5, 0.6) is 0 Å². The van der Waals surface area contributed by atoms with Gasteiger partial charge in [0.25, 0.3) is 0 Å². The lowest BCUT2D eigenvalue weighted by Gasteiger charge is -2.09. The summed E-state index contributed by atoms with van der Waals surface area (Å²) in [7, 11) is -3.32. The van der Waals surface area contributed by atoms with Gasteiger partial charge in [0.15, 0.2) is 9.84 Å². The van der Waals surface area contributed by atoms with Gasteiger partial charge in [-0.1, -0.05) is 30.3 Å². The van der Waals surface area contributed by atoms with Gasteiger partial charge < -0.3 is 0 Å². The quantitative estimate of drug-likeness (QED) is 0.761. The summed E-state index contributed by atoms with van der Waals surface area (Å²) >= 11 is 0. The summed E-state index contributed by atoms with van der Waals surface area (Å²) in [5.74, 6) is -0.428. The average Bonchev–Trinajstić information content (AvgIpc) is 2.18. The monoisotopic (exact) mass is 209 g/mol. The maximum Gasteiger partial charge on any atom is 0.170 e. The highest BCUT2D eigenvalue weighted by Crippen LogP contribution is 2.21. The van der Waals surface area contributed by atoms with E-state index in [1.54, 1.807) is 37.3 Å². The van der Waals surface area contributed by atoms with Crippen LogP contribution in [-0.4, -0.2) is 14.2 Å². The van der Waals surface area contributed by atoms with Crippen LogP contribution in [0.15, 0.2) is 30.3 Å². The van der Waals surface area contributed by atoms with E-state index in [0.717, 1.165) is 5.56 Å². The van der Waals surface area contributed by atoms with E-state index in [1.807, 2.05) is 6.07 Å². The van der Waals surface area contributed by atoms with Crippen LogP contribution in [0.4, 0.5) is 0 Å². The molecule has 0 heterocycles. The molecule has 0 saturated carbocycles. The van der Waals surface area contributed by atoms with Crippen LogP contribution in [-0.2, 0) is 9.84 Å². The lowest BCUT2D eigenvalue weighted by molar-refractivity contribution is 0.589. The van der Waals surface area contributed by atoms with Gasteiger partial charge >= 0.3 is 0 Å². The molecule has 1 rings (SSSR count). The normalized spacial score (nSPS) is 13.1. The van der Waals surface area contributed by atoms with Crippen molar-refractivity contribution in [1.29, 1.82) is 5.26 Å². The maximum atomic E-state index is 11.5. The summed E-state index contributed by atoms with van der Waals surface area (Å²) in [5.41, 5.74) is 0.725. The van der Waals surface area contributed by atoms with Crippen molar-refractivity contribution in [2.75, 3.05) is 5.75 Å². The molecule has 1 unspecified atom stereocenters. The van der Waals surface area contributed by atoms with Crippen molar-refractivity contribution in [2.24, 2.45) is 0 Å². The second kappa shape index (κ2) is 4.25. The Morgan fingerprint density at radius 1 is 1.36 bits per heavy atom. The molecule has 0 N–H and O–H groups in total. The van der Waals surface area contributed by atoms with Crippen molar-refractivity contribution in [2.45, 2.75) is 12.2 Å². The first-order valence-corrected chi connectivity index (χ1v) is 5.93. The van der Waals surface area contributed by atoms with Crippen molar-refractivity contribution < 1.29 is 8.42 Å². The first kappa shape index (κ1) is 10.7. The topological polar surface area (TPSA) is 57.9 Å². The summed E-state index contributed by atoms with van der Waals surface area (Å²) in [6, 6.07) is 10.6. The molecule has 0 amide bonds. The number of nitriles is 1. The first-order chi connectivity index (χ1) is 6.58. The van der Waals surface area contributed by atoms with Gasteiger partial charge in [-0.2, -0.15) is 5.26 Å². The van der Waals surface area contributed by atoms with Crippen molar-refractivity contribution in [3.8, 4) is 6.07 Å². The minimum absolute atomic E-state index is 0.428. The standard InChI is InChI=1S/C10H11NO2S/c1-9(14(12,13)8-7-11)10-5-3-2-4-6-10/h2-6,9H,8H2,1H3. The smallest absolute Gasteiger partial charge is 0.170 e. The molecule has 1 atom stereocenters. The molecule has 4 heteroatoms. The molecule has 0 aliphatic rings. The van der Waals surface area contributed by atoms with E-state index < -0.39 is 20.8 Å². The molecular weight excluding hydrogens is 198 g/mol. The predicted molar refractivity (Wildman–Crippen MR) is 54.3 cm³/mol. The van der Waals surface area contributed by atoms with Gasteiger partial charge in [0.1, 0.15) is 5.75 Å². The molecule has 0 spiro atoms. The highest BCUT2D eigenvalue weighted by molar-refractivity contribution is 7.91. The SMILES string of the molecule is CC(c1ccccc1)S(=O)(=O)CC#N. The summed E-state index contributed by atoms with van der Waals surface area (Å²) in [4.78, 5) is 0. The Kier molecular flexibility index (Phi) is 3.26. The van der Waals surface area contributed by atoms with E-state index in [-0.39, 0.29) is 0 Å². The third kappa shape index (κ3) is 2.33. The Hall–Kier alpha value is -1.34. The van der Waals surface area contributed by atoms with E-state index in [0.29, 0.717) is 0 Å². The van der Waals surface area contributed by atoms with Crippen molar-refractivity contribution in [3.63, 3.8) is 0 Å². The van der Waals surface area contributed by atoms with Crippen molar-refractivity contribution in [3.05, 3.63) is 35.9 Å².